The molecule has 1 atom stereocenters. The van der Waals surface area contributed by atoms with Gasteiger partial charge in [0.05, 0.1) is 6.61 Å². The molecule has 0 saturated heterocycles. The van der Waals surface area contributed by atoms with Crippen molar-refractivity contribution in [3.05, 3.63) is 0 Å². The predicted molar refractivity (Wildman–Crippen MR) is 54.7 cm³/mol. The first-order valence-electron chi connectivity index (χ1n) is 4.75. The van der Waals surface area contributed by atoms with Crippen LogP contribution in [-0.2, 0) is 9.53 Å². The standard InChI is InChI=1S/C9H18N2O4/c1-6(2)7(8(12)13)11-9(14)10-4-5-15-3/h6-7H,4-5H2,1-3H3,(H,12,13)(H2,10,11,14)/t7-/m0/s1. The minimum Gasteiger partial charge on any atom is -0.480 e. The van der Waals surface area contributed by atoms with E-state index in [2.05, 4.69) is 10.6 Å². The van der Waals surface area contributed by atoms with Gasteiger partial charge in [-0.3, -0.25) is 0 Å². The second kappa shape index (κ2) is 7.05. The van der Waals surface area contributed by atoms with Crippen molar-refractivity contribution in [2.45, 2.75) is 19.9 Å². The highest BCUT2D eigenvalue weighted by molar-refractivity contribution is 5.82. The molecule has 0 fully saturated rings. The zero-order chi connectivity index (χ0) is 11.8. The van der Waals surface area contributed by atoms with Gasteiger partial charge in [-0.05, 0) is 5.92 Å². The highest BCUT2D eigenvalue weighted by Crippen LogP contribution is 2.00. The molecule has 0 spiro atoms. The molecule has 0 rings (SSSR count). The molecule has 0 saturated carbocycles. The highest BCUT2D eigenvalue weighted by atomic mass is 16.5. The monoisotopic (exact) mass is 218 g/mol. The van der Waals surface area contributed by atoms with Crippen LogP contribution >= 0.6 is 0 Å². The van der Waals surface area contributed by atoms with Gasteiger partial charge in [0.25, 0.3) is 0 Å². The largest absolute Gasteiger partial charge is 0.480 e. The first-order chi connectivity index (χ1) is 6.99. The maximum Gasteiger partial charge on any atom is 0.326 e. The molecule has 0 heterocycles. The number of nitrogens with one attached hydrogen (secondary N) is 2. The Bertz CT molecular complexity index is 218. The van der Waals surface area contributed by atoms with E-state index >= 15 is 0 Å². The van der Waals surface area contributed by atoms with E-state index in [1.807, 2.05) is 0 Å². The van der Waals surface area contributed by atoms with Crippen molar-refractivity contribution < 1.29 is 19.4 Å². The first-order valence-corrected chi connectivity index (χ1v) is 4.75. The fraction of sp³-hybridized carbons (Fsp3) is 0.778. The van der Waals surface area contributed by atoms with Crippen LogP contribution in [0.3, 0.4) is 0 Å². The summed E-state index contributed by atoms with van der Waals surface area (Å²) in [5, 5.41) is 13.7. The SMILES string of the molecule is COCCNC(=O)N[C@H](C(=O)O)C(C)C. The number of carbonyl (C=O) groups is 2. The number of carboxylic acid groups (broad SMARTS) is 1. The van der Waals surface area contributed by atoms with Gasteiger partial charge in [0.1, 0.15) is 6.04 Å². The van der Waals surface area contributed by atoms with E-state index in [0.717, 1.165) is 0 Å². The van der Waals surface area contributed by atoms with Gasteiger partial charge in [-0.2, -0.15) is 0 Å². The quantitative estimate of drug-likeness (QED) is 0.549. The third-order valence-electron chi connectivity index (χ3n) is 1.81. The van der Waals surface area contributed by atoms with E-state index in [9.17, 15) is 9.59 Å². The first kappa shape index (κ1) is 13.7. The van der Waals surface area contributed by atoms with Crippen LogP contribution in [-0.4, -0.2) is 43.4 Å². The molecule has 0 aromatic carbocycles. The van der Waals surface area contributed by atoms with Crippen LogP contribution in [0.2, 0.25) is 0 Å². The summed E-state index contributed by atoms with van der Waals surface area (Å²) in [5.74, 6) is -1.19. The predicted octanol–water partition coefficient (Wildman–Crippen LogP) is 0.0412. The third-order valence-corrected chi connectivity index (χ3v) is 1.81. The number of aliphatic carboxylic acids is 1. The molecule has 0 aliphatic carbocycles. The number of urea groups is 1. The smallest absolute Gasteiger partial charge is 0.326 e. The van der Waals surface area contributed by atoms with Gasteiger partial charge in [-0.1, -0.05) is 13.8 Å². The Balaban J connectivity index is 3.95. The Labute approximate surface area is 89.0 Å². The summed E-state index contributed by atoms with van der Waals surface area (Å²) in [7, 11) is 1.52. The molecule has 0 bridgehead atoms. The van der Waals surface area contributed by atoms with Crippen molar-refractivity contribution >= 4 is 12.0 Å². The second-order valence-corrected chi connectivity index (χ2v) is 3.45. The number of methoxy groups -OCH3 is 1. The Morgan fingerprint density at radius 2 is 2.00 bits per heavy atom. The molecular weight excluding hydrogens is 200 g/mol. The average molecular weight is 218 g/mol. The lowest BCUT2D eigenvalue weighted by atomic mass is 10.1. The average Bonchev–Trinajstić information content (AvgIpc) is 2.13. The molecule has 0 radical (unpaired) electrons. The molecule has 88 valence electrons. The molecule has 6 nitrogen and oxygen atoms in total. The normalized spacial score (nSPS) is 12.3. The lowest BCUT2D eigenvalue weighted by Gasteiger charge is -2.18. The van der Waals surface area contributed by atoms with Crippen LogP contribution in [0.5, 0.6) is 0 Å². The van der Waals surface area contributed by atoms with E-state index in [0.29, 0.717) is 13.2 Å². The lowest BCUT2D eigenvalue weighted by molar-refractivity contribution is -0.140. The number of ether oxygens (including phenoxy) is 1. The highest BCUT2D eigenvalue weighted by Gasteiger charge is 2.22. The molecule has 2 amide bonds. The van der Waals surface area contributed by atoms with Gasteiger partial charge < -0.3 is 20.5 Å². The third kappa shape index (κ3) is 5.90. The zero-order valence-electron chi connectivity index (χ0n) is 9.24. The van der Waals surface area contributed by atoms with Gasteiger partial charge in [0.15, 0.2) is 0 Å². The van der Waals surface area contributed by atoms with Crippen LogP contribution in [0.25, 0.3) is 0 Å². The van der Waals surface area contributed by atoms with Crippen molar-refractivity contribution in [1.82, 2.24) is 10.6 Å². The van der Waals surface area contributed by atoms with Crippen LogP contribution in [0.1, 0.15) is 13.8 Å². The van der Waals surface area contributed by atoms with Crippen molar-refractivity contribution in [2.24, 2.45) is 5.92 Å². The maximum absolute atomic E-state index is 11.2. The van der Waals surface area contributed by atoms with Gasteiger partial charge in [0, 0.05) is 13.7 Å². The van der Waals surface area contributed by atoms with E-state index in [1.54, 1.807) is 13.8 Å². The van der Waals surface area contributed by atoms with Gasteiger partial charge in [-0.15, -0.1) is 0 Å². The lowest BCUT2D eigenvalue weighted by Crippen LogP contribution is -2.49. The van der Waals surface area contributed by atoms with E-state index in [-0.39, 0.29) is 5.92 Å². The molecule has 0 aliphatic rings. The van der Waals surface area contributed by atoms with Gasteiger partial charge in [-0.25, -0.2) is 9.59 Å². The van der Waals surface area contributed by atoms with Crippen LogP contribution in [0.15, 0.2) is 0 Å². The number of carbonyl (C=O) groups excluding carboxylic acids is 1. The van der Waals surface area contributed by atoms with E-state index < -0.39 is 18.0 Å². The number of carboxylic acids is 1. The van der Waals surface area contributed by atoms with Crippen molar-refractivity contribution in [3.63, 3.8) is 0 Å². The molecule has 0 aromatic heterocycles. The summed E-state index contributed by atoms with van der Waals surface area (Å²) >= 11 is 0. The topological polar surface area (TPSA) is 87.7 Å². The van der Waals surface area contributed by atoms with E-state index in [4.69, 9.17) is 9.84 Å². The summed E-state index contributed by atoms with van der Waals surface area (Å²) in [6.07, 6.45) is 0. The van der Waals surface area contributed by atoms with Crippen LogP contribution in [0, 0.1) is 5.92 Å². The van der Waals surface area contributed by atoms with Crippen molar-refractivity contribution in [2.75, 3.05) is 20.3 Å². The number of hydrogen-bond donors (Lipinski definition) is 3. The minimum atomic E-state index is -1.04. The summed E-state index contributed by atoms with van der Waals surface area (Å²) in [6.45, 7) is 4.21. The summed E-state index contributed by atoms with van der Waals surface area (Å²) < 4.78 is 4.73. The molecule has 0 aromatic rings. The Morgan fingerprint density at radius 3 is 2.40 bits per heavy atom. The van der Waals surface area contributed by atoms with Gasteiger partial charge >= 0.3 is 12.0 Å². The fourth-order valence-electron chi connectivity index (χ4n) is 0.972. The molecular formula is C9H18N2O4. The van der Waals surface area contributed by atoms with Gasteiger partial charge in [0.2, 0.25) is 0 Å². The summed E-state index contributed by atoms with van der Waals surface area (Å²) in [5.41, 5.74) is 0. The molecule has 6 heteroatoms. The molecule has 0 aliphatic heterocycles. The molecule has 3 N–H and O–H groups in total. The van der Waals surface area contributed by atoms with Crippen LogP contribution < -0.4 is 10.6 Å². The molecule has 0 unspecified atom stereocenters. The Kier molecular flexibility index (Phi) is 6.44. The number of hydrogen-bond acceptors (Lipinski definition) is 3. The Hall–Kier alpha value is -1.30. The second-order valence-electron chi connectivity index (χ2n) is 3.45. The maximum atomic E-state index is 11.2. The fourth-order valence-corrected chi connectivity index (χ4v) is 0.972. The number of amides is 2. The van der Waals surface area contributed by atoms with E-state index in [1.165, 1.54) is 7.11 Å². The van der Waals surface area contributed by atoms with Crippen molar-refractivity contribution in [3.8, 4) is 0 Å². The Morgan fingerprint density at radius 1 is 1.40 bits per heavy atom. The van der Waals surface area contributed by atoms with Crippen LogP contribution in [0.4, 0.5) is 4.79 Å². The molecule has 15 heavy (non-hydrogen) atoms. The number of rotatable bonds is 6. The minimum absolute atomic E-state index is 0.157. The summed E-state index contributed by atoms with van der Waals surface area (Å²) in [6, 6.07) is -1.36. The zero-order valence-corrected chi connectivity index (χ0v) is 9.24. The summed E-state index contributed by atoms with van der Waals surface area (Å²) in [4.78, 5) is 21.9. The van der Waals surface area contributed by atoms with Crippen molar-refractivity contribution in [1.29, 1.82) is 0 Å².